The maximum Gasteiger partial charge on any atom is 0.142 e. The van der Waals surface area contributed by atoms with Gasteiger partial charge >= 0.3 is 0 Å². The number of rotatable bonds is 2. The molecule has 1 N–H and O–H groups in total. The van der Waals surface area contributed by atoms with Crippen LogP contribution in [0.5, 0.6) is 0 Å². The first kappa shape index (κ1) is 11.2. The predicted octanol–water partition coefficient (Wildman–Crippen LogP) is 3.79. The van der Waals surface area contributed by atoms with Crippen LogP contribution in [0.3, 0.4) is 0 Å². The van der Waals surface area contributed by atoms with Crippen LogP contribution in [0.15, 0.2) is 34.7 Å². The minimum Gasteiger partial charge on any atom is -0.458 e. The summed E-state index contributed by atoms with van der Waals surface area (Å²) in [6, 6.07) is 7.77. The van der Waals surface area contributed by atoms with E-state index in [0.29, 0.717) is 17.1 Å². The summed E-state index contributed by atoms with van der Waals surface area (Å²) in [5.41, 5.74) is 0.591. The smallest absolute Gasteiger partial charge is 0.142 e. The van der Waals surface area contributed by atoms with Gasteiger partial charge in [-0.1, -0.05) is 11.6 Å². The standard InChI is InChI=1S/C12H10ClFO2/c1-7(15)11-4-5-12(16-11)8-2-3-9(13)10(14)6-8/h2-7,15H,1H3. The van der Waals surface area contributed by atoms with Gasteiger partial charge in [0, 0.05) is 5.56 Å². The molecule has 1 aromatic heterocycles. The van der Waals surface area contributed by atoms with E-state index in [1.807, 2.05) is 0 Å². The minimum absolute atomic E-state index is 0.0751. The number of hydrogen-bond donors (Lipinski definition) is 1. The number of halogens is 2. The van der Waals surface area contributed by atoms with Crippen LogP contribution in [0.1, 0.15) is 18.8 Å². The molecule has 0 radical (unpaired) electrons. The average Bonchev–Trinajstić information content (AvgIpc) is 2.71. The monoisotopic (exact) mass is 240 g/mol. The van der Waals surface area contributed by atoms with Crippen molar-refractivity contribution in [2.24, 2.45) is 0 Å². The van der Waals surface area contributed by atoms with E-state index in [0.717, 1.165) is 0 Å². The van der Waals surface area contributed by atoms with E-state index in [1.165, 1.54) is 12.1 Å². The van der Waals surface area contributed by atoms with Gasteiger partial charge in [0.2, 0.25) is 0 Å². The van der Waals surface area contributed by atoms with Crippen LogP contribution in [0, 0.1) is 5.82 Å². The Morgan fingerprint density at radius 1 is 1.31 bits per heavy atom. The highest BCUT2D eigenvalue weighted by atomic mass is 35.5. The van der Waals surface area contributed by atoms with Crippen LogP contribution in [0.25, 0.3) is 11.3 Å². The first-order chi connectivity index (χ1) is 7.58. The highest BCUT2D eigenvalue weighted by Crippen LogP contribution is 2.27. The Hall–Kier alpha value is -1.32. The Kier molecular flexibility index (Phi) is 2.99. The summed E-state index contributed by atoms with van der Waals surface area (Å²) in [5, 5.41) is 9.37. The van der Waals surface area contributed by atoms with E-state index in [4.69, 9.17) is 16.0 Å². The van der Waals surface area contributed by atoms with Crippen LogP contribution >= 0.6 is 11.6 Å². The fraction of sp³-hybridized carbons (Fsp3) is 0.167. The summed E-state index contributed by atoms with van der Waals surface area (Å²) in [6.07, 6.45) is -0.675. The van der Waals surface area contributed by atoms with Gasteiger partial charge in [-0.05, 0) is 37.3 Å². The van der Waals surface area contributed by atoms with E-state index >= 15 is 0 Å². The highest BCUT2D eigenvalue weighted by molar-refractivity contribution is 6.30. The number of aliphatic hydroxyl groups excluding tert-OH is 1. The quantitative estimate of drug-likeness (QED) is 0.866. The first-order valence-electron chi connectivity index (χ1n) is 4.81. The molecule has 0 aliphatic heterocycles. The maximum atomic E-state index is 13.2. The second kappa shape index (κ2) is 4.28. The SMILES string of the molecule is CC(O)c1ccc(-c2ccc(Cl)c(F)c2)o1. The molecule has 1 unspecified atom stereocenters. The molecule has 0 saturated carbocycles. The molecule has 0 saturated heterocycles. The summed E-state index contributed by atoms with van der Waals surface area (Å²) < 4.78 is 18.6. The molecule has 16 heavy (non-hydrogen) atoms. The van der Waals surface area contributed by atoms with Crippen LogP contribution in [0.2, 0.25) is 5.02 Å². The molecule has 0 aliphatic carbocycles. The Labute approximate surface area is 97.3 Å². The molecule has 2 aromatic rings. The second-order valence-corrected chi connectivity index (χ2v) is 3.91. The molecule has 2 rings (SSSR count). The lowest BCUT2D eigenvalue weighted by atomic mass is 10.2. The van der Waals surface area contributed by atoms with E-state index in [-0.39, 0.29) is 5.02 Å². The van der Waals surface area contributed by atoms with Crippen molar-refractivity contribution >= 4 is 11.6 Å². The zero-order valence-corrected chi connectivity index (χ0v) is 9.33. The molecule has 4 heteroatoms. The number of hydrogen-bond acceptors (Lipinski definition) is 2. The van der Waals surface area contributed by atoms with E-state index in [9.17, 15) is 9.50 Å². The minimum atomic E-state index is -0.675. The van der Waals surface area contributed by atoms with Gasteiger partial charge < -0.3 is 9.52 Å². The van der Waals surface area contributed by atoms with Crippen molar-refractivity contribution in [2.75, 3.05) is 0 Å². The summed E-state index contributed by atoms with van der Waals surface area (Å²) in [5.74, 6) is 0.464. The van der Waals surface area contributed by atoms with Gasteiger partial charge in [0.05, 0.1) is 5.02 Å². The molecule has 0 bridgehead atoms. The number of aliphatic hydroxyl groups is 1. The van der Waals surface area contributed by atoms with Crippen molar-refractivity contribution in [3.05, 3.63) is 46.9 Å². The van der Waals surface area contributed by atoms with Gasteiger partial charge in [0.15, 0.2) is 0 Å². The van der Waals surface area contributed by atoms with Gasteiger partial charge in [-0.15, -0.1) is 0 Å². The van der Waals surface area contributed by atoms with Gasteiger partial charge in [0.25, 0.3) is 0 Å². The van der Waals surface area contributed by atoms with Crippen LogP contribution in [0.4, 0.5) is 4.39 Å². The van der Waals surface area contributed by atoms with Crippen molar-refractivity contribution < 1.29 is 13.9 Å². The lowest BCUT2D eigenvalue weighted by Crippen LogP contribution is -1.85. The molecule has 2 nitrogen and oxygen atoms in total. The molecule has 0 fully saturated rings. The molecule has 1 heterocycles. The van der Waals surface area contributed by atoms with Crippen LogP contribution in [-0.2, 0) is 0 Å². The third-order valence-corrected chi connectivity index (χ3v) is 2.55. The highest BCUT2D eigenvalue weighted by Gasteiger charge is 2.10. The number of benzene rings is 1. The molecule has 1 atom stereocenters. The Bertz CT molecular complexity index is 505. The van der Waals surface area contributed by atoms with Crippen molar-refractivity contribution in [1.29, 1.82) is 0 Å². The fourth-order valence-electron chi connectivity index (χ4n) is 1.38. The summed E-state index contributed by atoms with van der Waals surface area (Å²) in [4.78, 5) is 0. The molecule has 84 valence electrons. The maximum absolute atomic E-state index is 13.2. The van der Waals surface area contributed by atoms with E-state index in [1.54, 1.807) is 25.1 Å². The van der Waals surface area contributed by atoms with Crippen molar-refractivity contribution in [3.8, 4) is 11.3 Å². The zero-order chi connectivity index (χ0) is 11.7. The summed E-state index contributed by atoms with van der Waals surface area (Å²) in [6.45, 7) is 1.60. The van der Waals surface area contributed by atoms with Crippen molar-refractivity contribution in [3.63, 3.8) is 0 Å². The molecular weight excluding hydrogens is 231 g/mol. The predicted molar refractivity (Wildman–Crippen MR) is 59.7 cm³/mol. The zero-order valence-electron chi connectivity index (χ0n) is 8.58. The second-order valence-electron chi connectivity index (χ2n) is 3.51. The lowest BCUT2D eigenvalue weighted by Gasteiger charge is -2.00. The summed E-state index contributed by atoms with van der Waals surface area (Å²) >= 11 is 5.58. The van der Waals surface area contributed by atoms with Gasteiger partial charge in [-0.2, -0.15) is 0 Å². The molecule has 1 aromatic carbocycles. The Morgan fingerprint density at radius 2 is 2.06 bits per heavy atom. The van der Waals surface area contributed by atoms with Gasteiger partial charge in [0.1, 0.15) is 23.4 Å². The lowest BCUT2D eigenvalue weighted by molar-refractivity contribution is 0.170. The van der Waals surface area contributed by atoms with Gasteiger partial charge in [-0.3, -0.25) is 0 Å². The Balaban J connectivity index is 2.39. The third kappa shape index (κ3) is 2.10. The average molecular weight is 241 g/mol. The molecular formula is C12H10ClFO2. The largest absolute Gasteiger partial charge is 0.458 e. The fourth-order valence-corrected chi connectivity index (χ4v) is 1.50. The summed E-state index contributed by atoms with van der Waals surface area (Å²) in [7, 11) is 0. The normalized spacial score (nSPS) is 12.8. The van der Waals surface area contributed by atoms with E-state index in [2.05, 4.69) is 0 Å². The van der Waals surface area contributed by atoms with Crippen LogP contribution < -0.4 is 0 Å². The topological polar surface area (TPSA) is 33.4 Å². The van der Waals surface area contributed by atoms with Crippen molar-refractivity contribution in [1.82, 2.24) is 0 Å². The van der Waals surface area contributed by atoms with E-state index < -0.39 is 11.9 Å². The third-order valence-electron chi connectivity index (χ3n) is 2.24. The molecule has 0 spiro atoms. The van der Waals surface area contributed by atoms with Crippen molar-refractivity contribution in [2.45, 2.75) is 13.0 Å². The van der Waals surface area contributed by atoms with Crippen LogP contribution in [-0.4, -0.2) is 5.11 Å². The Morgan fingerprint density at radius 3 is 2.62 bits per heavy atom. The number of furan rings is 1. The molecule has 0 amide bonds. The first-order valence-corrected chi connectivity index (χ1v) is 5.19. The van der Waals surface area contributed by atoms with Gasteiger partial charge in [-0.25, -0.2) is 4.39 Å². The molecule has 0 aliphatic rings.